The van der Waals surface area contributed by atoms with Gasteiger partial charge in [0.2, 0.25) is 0 Å². The molecule has 0 bridgehead atoms. The number of thiophene rings is 1. The molecular weight excluding hydrogens is 366 g/mol. The fraction of sp³-hybridized carbons (Fsp3) is 0.227. The molecule has 5 rings (SSSR count). The molecule has 4 heterocycles. The minimum atomic E-state index is 0.415. The van der Waals surface area contributed by atoms with Gasteiger partial charge >= 0.3 is 0 Å². The van der Waals surface area contributed by atoms with E-state index in [4.69, 9.17) is 0 Å². The summed E-state index contributed by atoms with van der Waals surface area (Å²) < 4.78 is 0. The molecule has 0 amide bonds. The predicted octanol–water partition coefficient (Wildman–Crippen LogP) is 4.83. The van der Waals surface area contributed by atoms with Crippen LogP contribution in [0, 0.1) is 0 Å². The number of fused-ring (bicyclic) bond motifs is 1. The maximum Gasteiger partial charge on any atom is 0.138 e. The molecule has 0 spiro atoms. The molecule has 5 nitrogen and oxygen atoms in total. The monoisotopic (exact) mass is 387 g/mol. The third-order valence-corrected chi connectivity index (χ3v) is 6.29. The van der Waals surface area contributed by atoms with E-state index < -0.39 is 0 Å². The van der Waals surface area contributed by atoms with E-state index in [9.17, 15) is 0 Å². The molecule has 0 unspecified atom stereocenters. The summed E-state index contributed by atoms with van der Waals surface area (Å²) in [5, 5.41) is 4.78. The minimum Gasteiger partial charge on any atom is -0.367 e. The summed E-state index contributed by atoms with van der Waals surface area (Å²) in [5.41, 5.74) is 1.22. The number of rotatable bonds is 4. The number of nitrogens with zero attached hydrogens (tertiary/aromatic N) is 4. The van der Waals surface area contributed by atoms with Gasteiger partial charge in [0.25, 0.3) is 0 Å². The zero-order valence-corrected chi connectivity index (χ0v) is 16.3. The number of benzene rings is 1. The summed E-state index contributed by atoms with van der Waals surface area (Å²) >= 11 is 1.72. The van der Waals surface area contributed by atoms with Gasteiger partial charge in [-0.05, 0) is 36.6 Å². The lowest BCUT2D eigenvalue weighted by Gasteiger charge is -2.33. The first kappa shape index (κ1) is 17.1. The van der Waals surface area contributed by atoms with E-state index in [1.807, 2.05) is 24.4 Å². The van der Waals surface area contributed by atoms with Gasteiger partial charge in [-0.1, -0.05) is 36.4 Å². The van der Waals surface area contributed by atoms with Crippen LogP contribution in [-0.2, 0) is 0 Å². The summed E-state index contributed by atoms with van der Waals surface area (Å²) in [7, 11) is 0. The molecule has 6 heteroatoms. The van der Waals surface area contributed by atoms with Crippen LogP contribution >= 0.6 is 11.3 Å². The van der Waals surface area contributed by atoms with Crippen molar-refractivity contribution in [3.63, 3.8) is 0 Å². The summed E-state index contributed by atoms with van der Waals surface area (Å²) in [5.74, 6) is 2.01. The number of piperidine rings is 1. The Balaban J connectivity index is 1.33. The second-order valence-corrected chi connectivity index (χ2v) is 8.04. The minimum absolute atomic E-state index is 0.415. The molecule has 1 aliphatic rings. The zero-order chi connectivity index (χ0) is 18.8. The largest absolute Gasteiger partial charge is 0.367 e. The van der Waals surface area contributed by atoms with Gasteiger partial charge in [-0.15, -0.1) is 11.3 Å². The molecule has 4 aromatic rings. The van der Waals surface area contributed by atoms with Crippen molar-refractivity contribution in [2.75, 3.05) is 23.3 Å². The van der Waals surface area contributed by atoms with E-state index in [-0.39, 0.29) is 0 Å². The Morgan fingerprint density at radius 1 is 0.929 bits per heavy atom. The quantitative estimate of drug-likeness (QED) is 0.543. The molecule has 28 heavy (non-hydrogen) atoms. The van der Waals surface area contributed by atoms with Crippen molar-refractivity contribution in [1.29, 1.82) is 0 Å². The highest BCUT2D eigenvalue weighted by atomic mass is 32.1. The Hall–Kier alpha value is -2.99. The van der Waals surface area contributed by atoms with Crippen molar-refractivity contribution < 1.29 is 0 Å². The molecule has 1 aliphatic heterocycles. The Kier molecular flexibility index (Phi) is 4.62. The molecule has 1 fully saturated rings. The number of nitrogens with one attached hydrogen (secondary N) is 1. The molecule has 0 saturated carbocycles. The predicted molar refractivity (Wildman–Crippen MR) is 116 cm³/mol. The summed E-state index contributed by atoms with van der Waals surface area (Å²) in [6.45, 7) is 2.00. The van der Waals surface area contributed by atoms with Gasteiger partial charge in [-0.2, -0.15) is 0 Å². The van der Waals surface area contributed by atoms with Gasteiger partial charge in [-0.3, -0.25) is 0 Å². The summed E-state index contributed by atoms with van der Waals surface area (Å²) in [6.07, 6.45) is 5.66. The summed E-state index contributed by atoms with van der Waals surface area (Å²) in [4.78, 5) is 18.1. The summed E-state index contributed by atoms with van der Waals surface area (Å²) in [6, 6.07) is 19.2. The van der Waals surface area contributed by atoms with Gasteiger partial charge in [-0.25, -0.2) is 15.0 Å². The third-order valence-electron chi connectivity index (χ3n) is 5.20. The van der Waals surface area contributed by atoms with Crippen molar-refractivity contribution >= 4 is 33.2 Å². The smallest absolute Gasteiger partial charge is 0.138 e. The number of hydrogen-bond acceptors (Lipinski definition) is 6. The Labute approximate surface area is 168 Å². The van der Waals surface area contributed by atoms with Crippen molar-refractivity contribution in [2.24, 2.45) is 0 Å². The van der Waals surface area contributed by atoms with E-state index in [1.165, 1.54) is 10.4 Å². The first-order valence-corrected chi connectivity index (χ1v) is 10.4. The Morgan fingerprint density at radius 3 is 2.54 bits per heavy atom. The SMILES string of the molecule is c1ccc(-c2cc3c(NC4CCN(c5ccccn5)CC4)ncnc3s2)cc1. The number of hydrogen-bond donors (Lipinski definition) is 1. The van der Waals surface area contributed by atoms with Gasteiger partial charge in [0.15, 0.2) is 0 Å². The van der Waals surface area contributed by atoms with Crippen LogP contribution in [0.25, 0.3) is 20.7 Å². The lowest BCUT2D eigenvalue weighted by Crippen LogP contribution is -2.39. The highest BCUT2D eigenvalue weighted by Crippen LogP contribution is 2.35. The first-order valence-electron chi connectivity index (χ1n) is 9.59. The zero-order valence-electron chi connectivity index (χ0n) is 15.5. The van der Waals surface area contributed by atoms with E-state index in [0.29, 0.717) is 6.04 Å². The molecular formula is C22H21N5S. The second kappa shape index (κ2) is 7.56. The van der Waals surface area contributed by atoms with Gasteiger partial charge in [0.05, 0.1) is 5.39 Å². The molecule has 1 aromatic carbocycles. The number of anilines is 2. The van der Waals surface area contributed by atoms with Gasteiger partial charge in [0.1, 0.15) is 22.8 Å². The van der Waals surface area contributed by atoms with Crippen LogP contribution in [0.1, 0.15) is 12.8 Å². The van der Waals surface area contributed by atoms with Crippen molar-refractivity contribution in [2.45, 2.75) is 18.9 Å². The molecule has 0 aliphatic carbocycles. The molecule has 1 N–H and O–H groups in total. The fourth-order valence-electron chi connectivity index (χ4n) is 3.70. The topological polar surface area (TPSA) is 53.9 Å². The Morgan fingerprint density at radius 2 is 1.75 bits per heavy atom. The maximum absolute atomic E-state index is 4.54. The lowest BCUT2D eigenvalue weighted by molar-refractivity contribution is 0.523. The molecule has 3 aromatic heterocycles. The van der Waals surface area contributed by atoms with Crippen LogP contribution in [0.2, 0.25) is 0 Å². The van der Waals surface area contributed by atoms with Crippen LogP contribution in [0.15, 0.2) is 67.1 Å². The average molecular weight is 388 g/mol. The standard InChI is InChI=1S/C22H21N5S/c1-2-6-16(7-3-1)19-14-18-21(24-15-25-22(18)28-19)26-17-9-12-27(13-10-17)20-8-4-5-11-23-20/h1-8,11,14-15,17H,9-10,12-13H2,(H,24,25,26). The van der Waals surface area contributed by atoms with Crippen molar-refractivity contribution in [3.8, 4) is 10.4 Å². The van der Waals surface area contributed by atoms with Crippen LogP contribution < -0.4 is 10.2 Å². The van der Waals surface area contributed by atoms with E-state index >= 15 is 0 Å². The van der Waals surface area contributed by atoms with Crippen LogP contribution in [0.5, 0.6) is 0 Å². The normalized spacial score (nSPS) is 15.1. The second-order valence-electron chi connectivity index (χ2n) is 7.01. The Bertz CT molecular complexity index is 1060. The average Bonchev–Trinajstić information content (AvgIpc) is 3.21. The van der Waals surface area contributed by atoms with Gasteiger partial charge < -0.3 is 10.2 Å². The van der Waals surface area contributed by atoms with Crippen LogP contribution in [0.3, 0.4) is 0 Å². The molecule has 140 valence electrons. The highest BCUT2D eigenvalue weighted by molar-refractivity contribution is 7.21. The maximum atomic E-state index is 4.54. The lowest BCUT2D eigenvalue weighted by atomic mass is 10.0. The molecule has 0 atom stereocenters. The van der Waals surface area contributed by atoms with Gasteiger partial charge in [0, 0.05) is 30.2 Å². The highest BCUT2D eigenvalue weighted by Gasteiger charge is 2.21. The van der Waals surface area contributed by atoms with Crippen molar-refractivity contribution in [1.82, 2.24) is 15.0 Å². The van der Waals surface area contributed by atoms with Crippen molar-refractivity contribution in [3.05, 3.63) is 67.1 Å². The molecule has 1 saturated heterocycles. The number of pyridine rings is 1. The van der Waals surface area contributed by atoms with Crippen LogP contribution in [0.4, 0.5) is 11.6 Å². The fourth-order valence-corrected chi connectivity index (χ4v) is 4.71. The third kappa shape index (κ3) is 3.43. The number of aromatic nitrogens is 3. The first-order chi connectivity index (χ1) is 13.9. The van der Waals surface area contributed by atoms with Crippen LogP contribution in [-0.4, -0.2) is 34.1 Å². The van der Waals surface area contributed by atoms with E-state index in [1.54, 1.807) is 17.7 Å². The van der Waals surface area contributed by atoms with E-state index in [2.05, 4.69) is 61.6 Å². The van der Waals surface area contributed by atoms with E-state index in [0.717, 1.165) is 47.8 Å². The molecule has 0 radical (unpaired) electrons.